The minimum Gasteiger partial charge on any atom is -0.481 e. The van der Waals surface area contributed by atoms with Crippen molar-refractivity contribution in [3.05, 3.63) is 59.7 Å². The molecular formula is C28H32N2O5. The maximum atomic E-state index is 12.9. The van der Waals surface area contributed by atoms with Gasteiger partial charge in [0.15, 0.2) is 0 Å². The number of hydrogen-bond acceptors (Lipinski definition) is 4. The molecule has 2 aromatic rings. The van der Waals surface area contributed by atoms with Crippen LogP contribution in [0, 0.1) is 17.8 Å². The Kier molecular flexibility index (Phi) is 6.75. The number of alkyl carbamates (subject to hydrolysis) is 1. The molecule has 0 heterocycles. The van der Waals surface area contributed by atoms with Gasteiger partial charge in [-0.1, -0.05) is 61.4 Å². The van der Waals surface area contributed by atoms with Crippen molar-refractivity contribution >= 4 is 18.0 Å². The van der Waals surface area contributed by atoms with Gasteiger partial charge in [0.05, 0.1) is 5.92 Å². The summed E-state index contributed by atoms with van der Waals surface area (Å²) in [6, 6.07) is 15.7. The molecule has 1 unspecified atom stereocenters. The van der Waals surface area contributed by atoms with E-state index in [2.05, 4.69) is 34.9 Å². The first kappa shape index (κ1) is 23.4. The molecule has 2 amide bonds. The highest BCUT2D eigenvalue weighted by Crippen LogP contribution is 2.44. The third kappa shape index (κ3) is 5.04. The van der Waals surface area contributed by atoms with E-state index in [4.69, 9.17) is 4.74 Å². The minimum atomic E-state index is -0.792. The zero-order chi connectivity index (χ0) is 24.4. The fourth-order valence-corrected chi connectivity index (χ4v) is 5.71. The first-order chi connectivity index (χ1) is 17.0. The van der Waals surface area contributed by atoms with Crippen molar-refractivity contribution in [2.24, 2.45) is 17.8 Å². The Morgan fingerprint density at radius 1 is 0.914 bits per heavy atom. The zero-order valence-electron chi connectivity index (χ0n) is 19.7. The topological polar surface area (TPSA) is 105 Å². The number of ether oxygens (including phenoxy) is 1. The van der Waals surface area contributed by atoms with Crippen LogP contribution in [0.3, 0.4) is 0 Å². The van der Waals surface area contributed by atoms with Crippen molar-refractivity contribution in [2.45, 2.75) is 50.5 Å². The molecule has 3 N–H and O–H groups in total. The van der Waals surface area contributed by atoms with Crippen LogP contribution < -0.4 is 10.6 Å². The van der Waals surface area contributed by atoms with Crippen molar-refractivity contribution in [3.8, 4) is 11.1 Å². The second-order valence-electron chi connectivity index (χ2n) is 10.0. The first-order valence-electron chi connectivity index (χ1n) is 12.6. The molecule has 0 aliphatic heterocycles. The molecule has 0 radical (unpaired) electrons. The lowest BCUT2D eigenvalue weighted by molar-refractivity contribution is -0.145. The predicted molar refractivity (Wildman–Crippen MR) is 131 cm³/mol. The van der Waals surface area contributed by atoms with Crippen LogP contribution in [-0.2, 0) is 14.3 Å². The average molecular weight is 477 g/mol. The Labute approximate surface area is 205 Å². The van der Waals surface area contributed by atoms with Crippen LogP contribution in [0.5, 0.6) is 0 Å². The monoisotopic (exact) mass is 476 g/mol. The number of benzene rings is 2. The summed E-state index contributed by atoms with van der Waals surface area (Å²) in [7, 11) is 0. The van der Waals surface area contributed by atoms with Crippen LogP contribution in [0.25, 0.3) is 11.1 Å². The number of carbonyl (C=O) groups excluding carboxylic acids is 2. The minimum absolute atomic E-state index is 0.0411. The first-order valence-corrected chi connectivity index (χ1v) is 12.6. The molecular weight excluding hydrogens is 444 g/mol. The van der Waals surface area contributed by atoms with Crippen LogP contribution >= 0.6 is 0 Å². The van der Waals surface area contributed by atoms with E-state index in [-0.39, 0.29) is 30.3 Å². The number of carboxylic acids is 1. The molecule has 3 atom stereocenters. The highest BCUT2D eigenvalue weighted by molar-refractivity contribution is 5.86. The molecule has 35 heavy (non-hydrogen) atoms. The summed E-state index contributed by atoms with van der Waals surface area (Å²) < 4.78 is 5.63. The van der Waals surface area contributed by atoms with Crippen LogP contribution in [0.1, 0.15) is 55.6 Å². The van der Waals surface area contributed by atoms with Gasteiger partial charge < -0.3 is 20.5 Å². The molecule has 7 nitrogen and oxygen atoms in total. The van der Waals surface area contributed by atoms with E-state index in [1.807, 2.05) is 24.3 Å². The van der Waals surface area contributed by atoms with E-state index in [1.54, 1.807) is 0 Å². The highest BCUT2D eigenvalue weighted by atomic mass is 16.5. The van der Waals surface area contributed by atoms with Gasteiger partial charge in [0.1, 0.15) is 12.6 Å². The number of carboxylic acid groups (broad SMARTS) is 1. The van der Waals surface area contributed by atoms with E-state index in [0.717, 1.165) is 54.4 Å². The summed E-state index contributed by atoms with van der Waals surface area (Å²) in [6.45, 7) is 0.520. The van der Waals surface area contributed by atoms with Gasteiger partial charge in [-0.15, -0.1) is 0 Å². The highest BCUT2D eigenvalue weighted by Gasteiger charge is 2.39. The summed E-state index contributed by atoms with van der Waals surface area (Å²) in [4.78, 5) is 37.2. The van der Waals surface area contributed by atoms with Crippen molar-refractivity contribution < 1.29 is 24.2 Å². The molecule has 184 valence electrons. The molecule has 2 aromatic carbocycles. The summed E-state index contributed by atoms with van der Waals surface area (Å²) in [5.74, 6) is -1.48. The quantitative estimate of drug-likeness (QED) is 0.527. The second-order valence-corrected chi connectivity index (χ2v) is 10.0. The Bertz CT molecular complexity index is 1070. The lowest BCUT2D eigenvalue weighted by Gasteiger charge is -2.29. The normalized spacial score (nSPS) is 21.9. The van der Waals surface area contributed by atoms with E-state index >= 15 is 0 Å². The number of carbonyl (C=O) groups is 3. The average Bonchev–Trinajstić information content (AvgIpc) is 3.67. The van der Waals surface area contributed by atoms with Crippen molar-refractivity contribution in [1.29, 1.82) is 0 Å². The van der Waals surface area contributed by atoms with Gasteiger partial charge >= 0.3 is 12.1 Å². The smallest absolute Gasteiger partial charge is 0.407 e. The Balaban J connectivity index is 1.18. The summed E-state index contributed by atoms with van der Waals surface area (Å²) in [5.41, 5.74) is 4.60. The number of hydrogen-bond donors (Lipinski definition) is 3. The second kappa shape index (κ2) is 10.1. The molecule has 3 aliphatic rings. The van der Waals surface area contributed by atoms with E-state index < -0.39 is 24.0 Å². The maximum Gasteiger partial charge on any atom is 0.407 e. The van der Waals surface area contributed by atoms with Crippen molar-refractivity contribution in [3.63, 3.8) is 0 Å². The van der Waals surface area contributed by atoms with Gasteiger partial charge in [-0.2, -0.15) is 0 Å². The van der Waals surface area contributed by atoms with Crippen LogP contribution in [0.4, 0.5) is 4.79 Å². The maximum absolute atomic E-state index is 12.9. The number of nitrogens with one attached hydrogen (secondary N) is 2. The Hall–Kier alpha value is -3.35. The lowest BCUT2D eigenvalue weighted by Crippen LogP contribution is -2.50. The van der Waals surface area contributed by atoms with Crippen LogP contribution in [0.2, 0.25) is 0 Å². The van der Waals surface area contributed by atoms with Gasteiger partial charge in [-0.3, -0.25) is 9.59 Å². The lowest BCUT2D eigenvalue weighted by atomic mass is 9.79. The molecule has 3 aliphatic carbocycles. The molecule has 2 fully saturated rings. The van der Waals surface area contributed by atoms with E-state index in [9.17, 15) is 19.5 Å². The number of fused-ring (bicyclic) bond motifs is 3. The zero-order valence-corrected chi connectivity index (χ0v) is 19.7. The van der Waals surface area contributed by atoms with Gasteiger partial charge in [0.2, 0.25) is 5.91 Å². The Morgan fingerprint density at radius 2 is 1.54 bits per heavy atom. The third-order valence-corrected chi connectivity index (χ3v) is 7.76. The van der Waals surface area contributed by atoms with Crippen molar-refractivity contribution in [2.75, 3.05) is 13.2 Å². The number of rotatable bonds is 8. The fourth-order valence-electron chi connectivity index (χ4n) is 5.71. The van der Waals surface area contributed by atoms with Crippen LogP contribution in [-0.4, -0.2) is 42.3 Å². The standard InChI is InChI=1S/C28H32N2O5/c31-26(29-15-18-7-1-2-8-19(18)27(32)33)25(17-13-14-17)30-28(34)35-16-24-22-11-5-3-9-20(22)21-10-4-6-12-23(21)24/h3-6,9-12,17-19,24-25H,1-2,7-8,13-16H2,(H,29,31)(H,30,34)(H,32,33)/t18-,19-,25?/m0/s1. The summed E-state index contributed by atoms with van der Waals surface area (Å²) in [6.07, 6.45) is 4.50. The molecule has 0 spiro atoms. The van der Waals surface area contributed by atoms with Gasteiger partial charge in [-0.05, 0) is 59.8 Å². The predicted octanol–water partition coefficient (Wildman–Crippen LogP) is 4.31. The van der Waals surface area contributed by atoms with E-state index in [1.165, 1.54) is 0 Å². The fraction of sp³-hybridized carbons (Fsp3) is 0.464. The number of amides is 2. The largest absolute Gasteiger partial charge is 0.481 e. The molecule has 0 saturated heterocycles. The molecule has 0 aromatic heterocycles. The SMILES string of the molecule is O=C(NC(C(=O)NC[C@@H]1CCCC[C@@H]1C(=O)O)C1CC1)OCC1c2ccccc2-c2ccccc21. The number of aliphatic carboxylic acids is 1. The molecule has 0 bridgehead atoms. The molecule has 2 saturated carbocycles. The van der Waals surface area contributed by atoms with Gasteiger partial charge in [0, 0.05) is 12.5 Å². The summed E-state index contributed by atoms with van der Waals surface area (Å²) >= 11 is 0. The van der Waals surface area contributed by atoms with Gasteiger partial charge in [0.25, 0.3) is 0 Å². The van der Waals surface area contributed by atoms with Crippen LogP contribution in [0.15, 0.2) is 48.5 Å². The van der Waals surface area contributed by atoms with Gasteiger partial charge in [-0.25, -0.2) is 4.79 Å². The Morgan fingerprint density at radius 3 is 2.17 bits per heavy atom. The summed E-state index contributed by atoms with van der Waals surface area (Å²) in [5, 5.41) is 15.2. The van der Waals surface area contributed by atoms with E-state index in [0.29, 0.717) is 13.0 Å². The van der Waals surface area contributed by atoms with Crippen molar-refractivity contribution in [1.82, 2.24) is 10.6 Å². The third-order valence-electron chi connectivity index (χ3n) is 7.76. The molecule has 5 rings (SSSR count). The molecule has 7 heteroatoms.